The van der Waals surface area contributed by atoms with Gasteiger partial charge in [0.1, 0.15) is 5.82 Å². The summed E-state index contributed by atoms with van der Waals surface area (Å²) < 4.78 is 2.03. The van der Waals surface area contributed by atoms with E-state index in [9.17, 15) is 4.79 Å². The number of benzene rings is 2. The molecule has 0 saturated heterocycles. The Balaban J connectivity index is 0.000000287. The molecule has 2 aromatic carbocycles. The van der Waals surface area contributed by atoms with Crippen molar-refractivity contribution in [1.29, 1.82) is 0 Å². The summed E-state index contributed by atoms with van der Waals surface area (Å²) in [6, 6.07) is 13.7. The van der Waals surface area contributed by atoms with Crippen LogP contribution in [0.2, 0.25) is 0 Å². The molecular weight excluding hydrogens is 384 g/mol. The van der Waals surface area contributed by atoms with Gasteiger partial charge in [-0.3, -0.25) is 0 Å². The molecule has 0 amide bonds. The van der Waals surface area contributed by atoms with Gasteiger partial charge in [-0.15, -0.1) is 0 Å². The van der Waals surface area contributed by atoms with Crippen molar-refractivity contribution in [3.05, 3.63) is 65.0 Å². The number of carboxylic acids is 1. The van der Waals surface area contributed by atoms with Crippen molar-refractivity contribution >= 4 is 17.0 Å². The van der Waals surface area contributed by atoms with Crippen LogP contribution in [0.3, 0.4) is 0 Å². The minimum atomic E-state index is -0.927. The third kappa shape index (κ3) is 5.96. The van der Waals surface area contributed by atoms with Gasteiger partial charge in [-0.1, -0.05) is 71.2 Å². The van der Waals surface area contributed by atoms with Gasteiger partial charge in [-0.2, -0.15) is 0 Å². The van der Waals surface area contributed by atoms with Gasteiger partial charge in [0.25, 0.3) is 0 Å². The molecule has 4 rings (SSSR count). The summed E-state index contributed by atoms with van der Waals surface area (Å²) in [5, 5.41) is 9.09. The molecule has 3 aromatic rings. The molecule has 0 spiro atoms. The van der Waals surface area contributed by atoms with E-state index in [0.717, 1.165) is 23.3 Å². The summed E-state index contributed by atoms with van der Waals surface area (Å²) in [5.41, 5.74) is 5.14. The van der Waals surface area contributed by atoms with E-state index in [0.29, 0.717) is 11.3 Å². The number of aryl methyl sites for hydroxylation is 1. The predicted octanol–water partition coefficient (Wildman–Crippen LogP) is 6.96. The first kappa shape index (κ1) is 23.1. The third-order valence-electron chi connectivity index (χ3n) is 6.44. The van der Waals surface area contributed by atoms with Crippen LogP contribution in [0.5, 0.6) is 0 Å². The Bertz CT molecular complexity index is 1020. The quantitative estimate of drug-likeness (QED) is 0.496. The van der Waals surface area contributed by atoms with E-state index in [2.05, 4.69) is 56.9 Å². The maximum Gasteiger partial charge on any atom is 0.335 e. The molecule has 1 saturated carbocycles. The van der Waals surface area contributed by atoms with Gasteiger partial charge in [0, 0.05) is 13.5 Å². The lowest BCUT2D eigenvalue weighted by Crippen LogP contribution is -2.14. The fourth-order valence-corrected chi connectivity index (χ4v) is 4.25. The van der Waals surface area contributed by atoms with Crippen LogP contribution in [0.25, 0.3) is 11.0 Å². The Morgan fingerprint density at radius 2 is 1.71 bits per heavy atom. The zero-order valence-electron chi connectivity index (χ0n) is 19.6. The largest absolute Gasteiger partial charge is 0.478 e. The number of hydrogen-bond acceptors (Lipinski definition) is 2. The van der Waals surface area contributed by atoms with Crippen molar-refractivity contribution in [1.82, 2.24) is 9.55 Å². The molecule has 1 heterocycles. The standard InChI is InChI=1S/C19H20N2O2.C8H16/c1-12(2)14-6-4-13(5-7-14)10-18-20-16-11-15(19(22)23)8-9-17(16)21(18)3;1-8(2)6-4-3-5-7-8/h4-9,11-12H,10H2,1-3H3,(H,22,23);3-7H2,1-2H3. The molecule has 1 aliphatic rings. The number of hydrogen-bond donors (Lipinski definition) is 1. The maximum absolute atomic E-state index is 11.1. The number of nitrogens with zero attached hydrogens (tertiary/aromatic N) is 2. The molecule has 4 nitrogen and oxygen atoms in total. The molecule has 0 atom stereocenters. The van der Waals surface area contributed by atoms with Crippen molar-refractivity contribution < 1.29 is 9.90 Å². The predicted molar refractivity (Wildman–Crippen MR) is 128 cm³/mol. The van der Waals surface area contributed by atoms with Crippen LogP contribution < -0.4 is 0 Å². The van der Waals surface area contributed by atoms with Gasteiger partial charge in [0.05, 0.1) is 16.6 Å². The maximum atomic E-state index is 11.1. The molecule has 31 heavy (non-hydrogen) atoms. The Morgan fingerprint density at radius 1 is 1.06 bits per heavy atom. The molecule has 1 aliphatic carbocycles. The fourth-order valence-electron chi connectivity index (χ4n) is 4.25. The van der Waals surface area contributed by atoms with Gasteiger partial charge in [-0.25, -0.2) is 9.78 Å². The number of fused-ring (bicyclic) bond motifs is 1. The molecule has 1 aromatic heterocycles. The van der Waals surface area contributed by atoms with Crippen LogP contribution in [0, 0.1) is 5.41 Å². The number of aromatic nitrogens is 2. The highest BCUT2D eigenvalue weighted by Gasteiger charge is 2.20. The van der Waals surface area contributed by atoms with Gasteiger partial charge < -0.3 is 9.67 Å². The normalized spacial score (nSPS) is 15.5. The fraction of sp³-hybridized carbons (Fsp3) is 0.481. The van der Waals surface area contributed by atoms with E-state index < -0.39 is 5.97 Å². The molecule has 166 valence electrons. The molecule has 4 heteroatoms. The van der Waals surface area contributed by atoms with E-state index in [4.69, 9.17) is 5.11 Å². The van der Waals surface area contributed by atoms with Crippen molar-refractivity contribution in [2.24, 2.45) is 12.5 Å². The highest BCUT2D eigenvalue weighted by Crippen LogP contribution is 2.34. The summed E-state index contributed by atoms with van der Waals surface area (Å²) in [6.45, 7) is 9.12. The monoisotopic (exact) mass is 420 g/mol. The molecule has 1 N–H and O–H groups in total. The Morgan fingerprint density at radius 3 is 2.23 bits per heavy atom. The Labute approximate surface area is 186 Å². The van der Waals surface area contributed by atoms with Crippen LogP contribution in [0.15, 0.2) is 42.5 Å². The van der Waals surface area contributed by atoms with Gasteiger partial charge in [-0.05, 0) is 53.5 Å². The first-order valence-corrected chi connectivity index (χ1v) is 11.4. The third-order valence-corrected chi connectivity index (χ3v) is 6.44. The summed E-state index contributed by atoms with van der Waals surface area (Å²) in [6.07, 6.45) is 8.04. The lowest BCUT2D eigenvalue weighted by Gasteiger charge is -2.28. The number of carboxylic acid groups (broad SMARTS) is 1. The Kier molecular flexibility index (Phi) is 7.19. The highest BCUT2D eigenvalue weighted by atomic mass is 16.4. The summed E-state index contributed by atoms with van der Waals surface area (Å²) in [5.74, 6) is 0.525. The van der Waals surface area contributed by atoms with Crippen LogP contribution >= 0.6 is 0 Å². The van der Waals surface area contributed by atoms with Crippen LogP contribution in [-0.4, -0.2) is 20.6 Å². The SMILES string of the molecule is CC(C)c1ccc(Cc2nc3cc(C(=O)O)ccc3n2C)cc1.CC1(C)CCCCC1. The molecule has 0 radical (unpaired) electrons. The zero-order valence-corrected chi connectivity index (χ0v) is 19.6. The van der Waals surface area contributed by atoms with Crippen LogP contribution in [-0.2, 0) is 13.5 Å². The molecule has 1 fully saturated rings. The summed E-state index contributed by atoms with van der Waals surface area (Å²) in [4.78, 5) is 15.7. The van der Waals surface area contributed by atoms with Crippen molar-refractivity contribution in [3.8, 4) is 0 Å². The topological polar surface area (TPSA) is 55.1 Å². The molecule has 0 unspecified atom stereocenters. The Hall–Kier alpha value is -2.62. The average molecular weight is 421 g/mol. The lowest BCUT2D eigenvalue weighted by molar-refractivity contribution is 0.0697. The smallest absolute Gasteiger partial charge is 0.335 e. The number of carbonyl (C=O) groups is 1. The summed E-state index contributed by atoms with van der Waals surface area (Å²) in [7, 11) is 1.97. The minimum Gasteiger partial charge on any atom is -0.478 e. The van der Waals surface area contributed by atoms with E-state index >= 15 is 0 Å². The number of imidazole rings is 1. The van der Waals surface area contributed by atoms with Crippen LogP contribution in [0.4, 0.5) is 0 Å². The van der Waals surface area contributed by atoms with Crippen molar-refractivity contribution in [2.45, 2.75) is 72.1 Å². The molecular formula is C27H36N2O2. The second kappa shape index (κ2) is 9.67. The first-order valence-electron chi connectivity index (χ1n) is 11.4. The van der Waals surface area contributed by atoms with Crippen molar-refractivity contribution in [2.75, 3.05) is 0 Å². The average Bonchev–Trinajstić information content (AvgIpc) is 3.03. The molecule has 0 aliphatic heterocycles. The van der Waals surface area contributed by atoms with Gasteiger partial charge >= 0.3 is 5.97 Å². The number of aromatic carboxylic acids is 1. The van der Waals surface area contributed by atoms with Gasteiger partial charge in [0.2, 0.25) is 0 Å². The van der Waals surface area contributed by atoms with Gasteiger partial charge in [0.15, 0.2) is 0 Å². The first-order chi connectivity index (χ1) is 14.7. The highest BCUT2D eigenvalue weighted by molar-refractivity contribution is 5.92. The van der Waals surface area contributed by atoms with E-state index in [1.807, 2.05) is 17.7 Å². The number of rotatable bonds is 4. The zero-order chi connectivity index (χ0) is 22.6. The van der Waals surface area contributed by atoms with E-state index in [1.165, 1.54) is 43.2 Å². The van der Waals surface area contributed by atoms with E-state index in [-0.39, 0.29) is 5.56 Å². The second-order valence-electron chi connectivity index (χ2n) is 9.89. The van der Waals surface area contributed by atoms with Crippen LogP contribution in [0.1, 0.15) is 93.0 Å². The van der Waals surface area contributed by atoms with Crippen molar-refractivity contribution in [3.63, 3.8) is 0 Å². The second-order valence-corrected chi connectivity index (χ2v) is 9.89. The minimum absolute atomic E-state index is 0.267. The lowest BCUT2D eigenvalue weighted by atomic mass is 9.78. The molecule has 0 bridgehead atoms. The summed E-state index contributed by atoms with van der Waals surface area (Å²) >= 11 is 0. The van der Waals surface area contributed by atoms with E-state index in [1.54, 1.807) is 12.1 Å².